The lowest BCUT2D eigenvalue weighted by molar-refractivity contribution is -0.137. The highest BCUT2D eigenvalue weighted by atomic mass is 19.4. The van der Waals surface area contributed by atoms with Crippen molar-refractivity contribution in [1.29, 1.82) is 0 Å². The number of hydrogen-bond donors (Lipinski definition) is 0. The maximum absolute atomic E-state index is 13.8. The van der Waals surface area contributed by atoms with E-state index in [4.69, 9.17) is 0 Å². The van der Waals surface area contributed by atoms with E-state index in [1.165, 1.54) is 12.1 Å². The fourth-order valence-corrected chi connectivity index (χ4v) is 5.78. The third-order valence-electron chi connectivity index (χ3n) is 7.44. The number of carbonyl (C=O) groups excluding carboxylic acids is 3. The van der Waals surface area contributed by atoms with Gasteiger partial charge in [0.25, 0.3) is 0 Å². The average Bonchev–Trinajstić information content (AvgIpc) is 3.25. The molecule has 188 valence electrons. The Morgan fingerprint density at radius 1 is 0.917 bits per heavy atom. The number of alkyl halides is 3. The molecule has 5 nitrogen and oxygen atoms in total. The summed E-state index contributed by atoms with van der Waals surface area (Å²) < 4.78 is 40.1. The van der Waals surface area contributed by atoms with Gasteiger partial charge in [-0.15, -0.1) is 0 Å². The van der Waals surface area contributed by atoms with E-state index < -0.39 is 52.9 Å². The summed E-state index contributed by atoms with van der Waals surface area (Å²) in [6.07, 6.45) is -2.71. The van der Waals surface area contributed by atoms with Crippen molar-refractivity contribution in [2.24, 2.45) is 17.3 Å². The minimum Gasteiger partial charge on any atom is -0.353 e. The smallest absolute Gasteiger partial charge is 0.353 e. The molecule has 3 heterocycles. The van der Waals surface area contributed by atoms with Gasteiger partial charge in [0.1, 0.15) is 6.04 Å². The number of Topliss-reactive ketones (excluding diaryl/α,β-unsaturated/α-hetero) is 1. The fraction of sp³-hybridized carbons (Fsp3) is 0.393. The molecule has 4 atom stereocenters. The number of ketones is 1. The molecule has 0 N–H and O–H groups in total. The normalized spacial score (nSPS) is 25.5. The zero-order valence-corrected chi connectivity index (χ0v) is 20.7. The van der Waals surface area contributed by atoms with Crippen molar-refractivity contribution in [3.05, 3.63) is 65.2 Å². The number of fused-ring (bicyclic) bond motifs is 5. The van der Waals surface area contributed by atoms with Crippen molar-refractivity contribution < 1.29 is 27.6 Å². The lowest BCUT2D eigenvalue weighted by Crippen LogP contribution is -2.51. The Bertz CT molecular complexity index is 1340. The molecule has 3 aliphatic rings. The predicted molar refractivity (Wildman–Crippen MR) is 130 cm³/mol. The molecule has 3 aliphatic heterocycles. The molecule has 5 rings (SSSR count). The standard InChI is InChI=1S/C28H27F3N2O3/c1-14-9-10-19-18(11-14)15(2)12-20-21-22(23(33(19)20)24(34)27(3,4)5)26(36)32(25(21)35)17-8-6-7-16(13-17)28(29,30)31/h6-13,20-23H,1-5H3/t20-,21+,22-,23-/m1/s1. The van der Waals surface area contributed by atoms with Gasteiger partial charge in [0.2, 0.25) is 11.8 Å². The Labute approximate surface area is 207 Å². The predicted octanol–water partition coefficient (Wildman–Crippen LogP) is 5.41. The van der Waals surface area contributed by atoms with Crippen molar-refractivity contribution in [3.63, 3.8) is 0 Å². The molecular formula is C28H27F3N2O3. The van der Waals surface area contributed by atoms with Crippen molar-refractivity contribution >= 4 is 34.5 Å². The second kappa shape index (κ2) is 7.79. The summed E-state index contributed by atoms with van der Waals surface area (Å²) in [6.45, 7) is 9.20. The van der Waals surface area contributed by atoms with E-state index in [0.717, 1.165) is 39.4 Å². The number of amides is 2. The van der Waals surface area contributed by atoms with Crippen LogP contribution in [0.15, 0.2) is 48.5 Å². The highest BCUT2D eigenvalue weighted by molar-refractivity contribution is 6.25. The van der Waals surface area contributed by atoms with Crippen LogP contribution in [0, 0.1) is 24.2 Å². The number of allylic oxidation sites excluding steroid dienone is 1. The number of halogens is 3. The lowest BCUT2D eigenvalue weighted by Gasteiger charge is -2.39. The lowest BCUT2D eigenvalue weighted by atomic mass is 9.79. The Balaban J connectivity index is 1.66. The zero-order valence-electron chi connectivity index (χ0n) is 20.7. The van der Waals surface area contributed by atoms with E-state index in [9.17, 15) is 27.6 Å². The van der Waals surface area contributed by atoms with Crippen molar-refractivity contribution in [2.75, 3.05) is 9.80 Å². The van der Waals surface area contributed by atoms with Crippen molar-refractivity contribution in [3.8, 4) is 0 Å². The maximum Gasteiger partial charge on any atom is 0.416 e. The van der Waals surface area contributed by atoms with Gasteiger partial charge in [0.05, 0.1) is 29.1 Å². The summed E-state index contributed by atoms with van der Waals surface area (Å²) >= 11 is 0. The fourth-order valence-electron chi connectivity index (χ4n) is 5.78. The van der Waals surface area contributed by atoms with Crippen LogP contribution < -0.4 is 9.80 Å². The number of rotatable bonds is 2. The summed E-state index contributed by atoms with van der Waals surface area (Å²) in [5.74, 6) is -3.29. The van der Waals surface area contributed by atoms with E-state index in [2.05, 4.69) is 0 Å². The van der Waals surface area contributed by atoms with Crippen LogP contribution in [0.2, 0.25) is 0 Å². The highest BCUT2D eigenvalue weighted by Crippen LogP contribution is 2.52. The number of imide groups is 1. The second-order valence-electron chi connectivity index (χ2n) is 10.9. The van der Waals surface area contributed by atoms with Crippen LogP contribution in [-0.2, 0) is 20.6 Å². The molecule has 0 spiro atoms. The zero-order chi connectivity index (χ0) is 26.3. The SMILES string of the molecule is CC1=C[C@@H]2[C@@H]3C(=O)N(c4cccc(C(F)(F)F)c4)C(=O)[C@H]3[C@H](C(=O)C(C)(C)C)N2c2ccc(C)cc21. The van der Waals surface area contributed by atoms with E-state index in [0.29, 0.717) is 0 Å². The van der Waals surface area contributed by atoms with Crippen LogP contribution in [0.1, 0.15) is 44.4 Å². The Morgan fingerprint density at radius 2 is 1.58 bits per heavy atom. The van der Waals surface area contributed by atoms with Crippen LogP contribution in [0.3, 0.4) is 0 Å². The van der Waals surface area contributed by atoms with Gasteiger partial charge in [0, 0.05) is 16.7 Å². The summed E-state index contributed by atoms with van der Waals surface area (Å²) in [4.78, 5) is 44.1. The van der Waals surface area contributed by atoms with Gasteiger partial charge in [-0.3, -0.25) is 14.4 Å². The first-order chi connectivity index (χ1) is 16.7. The van der Waals surface area contributed by atoms with Gasteiger partial charge >= 0.3 is 6.18 Å². The topological polar surface area (TPSA) is 57.7 Å². The Morgan fingerprint density at radius 3 is 2.22 bits per heavy atom. The molecule has 2 aromatic carbocycles. The number of carbonyl (C=O) groups is 3. The summed E-state index contributed by atoms with van der Waals surface area (Å²) in [5, 5.41) is 0. The molecule has 2 fully saturated rings. The molecule has 0 bridgehead atoms. The maximum atomic E-state index is 13.8. The first kappa shape index (κ1) is 24.3. The van der Waals surface area contributed by atoms with Crippen LogP contribution in [0.25, 0.3) is 5.57 Å². The average molecular weight is 497 g/mol. The molecular weight excluding hydrogens is 469 g/mol. The number of benzene rings is 2. The van der Waals surface area contributed by atoms with Gasteiger partial charge < -0.3 is 4.90 Å². The molecule has 2 saturated heterocycles. The van der Waals surface area contributed by atoms with Crippen molar-refractivity contribution in [2.45, 2.75) is 52.9 Å². The number of aryl methyl sites for hydroxylation is 1. The van der Waals surface area contributed by atoms with Crippen LogP contribution in [0.5, 0.6) is 0 Å². The van der Waals surface area contributed by atoms with Crippen molar-refractivity contribution in [1.82, 2.24) is 0 Å². The minimum atomic E-state index is -4.62. The van der Waals surface area contributed by atoms with Gasteiger partial charge in [-0.25, -0.2) is 4.90 Å². The summed E-state index contributed by atoms with van der Waals surface area (Å²) in [5.41, 5.74) is 1.81. The van der Waals surface area contributed by atoms with Gasteiger partial charge in [-0.05, 0) is 49.8 Å². The molecule has 0 unspecified atom stereocenters. The molecule has 2 aromatic rings. The third kappa shape index (κ3) is 3.49. The van der Waals surface area contributed by atoms with E-state index >= 15 is 0 Å². The molecule has 0 aromatic heterocycles. The molecule has 2 amide bonds. The molecule has 0 radical (unpaired) electrons. The highest BCUT2D eigenvalue weighted by Gasteiger charge is 2.65. The van der Waals surface area contributed by atoms with E-state index in [1.807, 2.05) is 43.0 Å². The summed E-state index contributed by atoms with van der Waals surface area (Å²) in [7, 11) is 0. The molecule has 0 saturated carbocycles. The first-order valence-corrected chi connectivity index (χ1v) is 11.9. The van der Waals surface area contributed by atoms with Crippen LogP contribution in [0.4, 0.5) is 24.5 Å². The molecule has 0 aliphatic carbocycles. The van der Waals surface area contributed by atoms with Gasteiger partial charge in [-0.2, -0.15) is 13.2 Å². The first-order valence-electron chi connectivity index (χ1n) is 11.9. The monoisotopic (exact) mass is 496 g/mol. The quantitative estimate of drug-likeness (QED) is 0.522. The second-order valence-corrected chi connectivity index (χ2v) is 10.9. The number of hydrogen-bond acceptors (Lipinski definition) is 4. The third-order valence-corrected chi connectivity index (χ3v) is 7.44. The Hall–Kier alpha value is -3.42. The van der Waals surface area contributed by atoms with Crippen LogP contribution in [-0.4, -0.2) is 29.7 Å². The largest absolute Gasteiger partial charge is 0.416 e. The Kier molecular flexibility index (Phi) is 5.25. The number of anilines is 2. The minimum absolute atomic E-state index is 0.129. The van der Waals surface area contributed by atoms with E-state index in [1.54, 1.807) is 20.8 Å². The van der Waals surface area contributed by atoms with Crippen LogP contribution >= 0.6 is 0 Å². The number of nitrogens with zero attached hydrogens (tertiary/aromatic N) is 2. The molecule has 8 heteroatoms. The summed E-state index contributed by atoms with van der Waals surface area (Å²) in [6, 6.07) is 8.60. The van der Waals surface area contributed by atoms with Gasteiger partial charge in [-0.1, -0.05) is 44.5 Å². The van der Waals surface area contributed by atoms with E-state index in [-0.39, 0.29) is 11.5 Å². The molecule has 36 heavy (non-hydrogen) atoms. The van der Waals surface area contributed by atoms with Gasteiger partial charge in [0.15, 0.2) is 5.78 Å².